The Labute approximate surface area is 416 Å². The van der Waals surface area contributed by atoms with Crippen LogP contribution in [0.3, 0.4) is 0 Å². The molecule has 5 aromatic carbocycles. The van der Waals surface area contributed by atoms with Crippen molar-refractivity contribution in [2.24, 2.45) is 0 Å². The molecule has 0 fully saturated rings. The second-order valence-corrected chi connectivity index (χ2v) is 19.8. The number of rotatable bonds is 28. The van der Waals surface area contributed by atoms with Gasteiger partial charge in [-0.05, 0) is 27.8 Å². The van der Waals surface area contributed by atoms with Gasteiger partial charge in [0.2, 0.25) is 29.5 Å². The van der Waals surface area contributed by atoms with Gasteiger partial charge in [-0.1, -0.05) is 152 Å². The van der Waals surface area contributed by atoms with Crippen LogP contribution in [0, 0.1) is 0 Å². The van der Waals surface area contributed by atoms with E-state index >= 15 is 0 Å². The molecule has 0 aliphatic carbocycles. The van der Waals surface area contributed by atoms with Crippen molar-refractivity contribution in [1.82, 2.24) is 26.6 Å². The molecule has 0 heterocycles. The lowest BCUT2D eigenvalue weighted by Crippen LogP contribution is -2.60. The Morgan fingerprint density at radius 1 is 0.451 bits per heavy atom. The summed E-state index contributed by atoms with van der Waals surface area (Å²) < 4.78 is 33.7. The Kier molecular flexibility index (Phi) is 21.0. The third-order valence-electron chi connectivity index (χ3n) is 11.9. The van der Waals surface area contributed by atoms with E-state index in [1.54, 1.807) is 127 Å². The Morgan fingerprint density at radius 3 is 1.01 bits per heavy atom. The summed E-state index contributed by atoms with van der Waals surface area (Å²) in [5.41, 5.74) is 3.48. The summed E-state index contributed by atoms with van der Waals surface area (Å²) in [4.78, 5) is 83.7. The van der Waals surface area contributed by atoms with Crippen LogP contribution in [0.25, 0.3) is 0 Å². The number of aliphatic carboxylic acids is 1. The highest BCUT2D eigenvalue weighted by Crippen LogP contribution is 2.13. The van der Waals surface area contributed by atoms with Crippen LogP contribution in [-0.4, -0.2) is 121 Å². The van der Waals surface area contributed by atoms with Crippen LogP contribution >= 0.6 is 0 Å². The van der Waals surface area contributed by atoms with E-state index in [0.717, 1.165) is 5.56 Å². The average molecular weight is 989 g/mol. The maximum atomic E-state index is 14.7. The third-order valence-corrected chi connectivity index (χ3v) is 12.7. The first kappa shape index (κ1) is 54.7. The Balaban J connectivity index is 1.38. The number of amides is 5. The molecule has 0 spiro atoms. The molecule has 0 unspecified atom stereocenters. The highest BCUT2D eigenvalue weighted by Gasteiger charge is 2.33. The van der Waals surface area contributed by atoms with E-state index in [0.29, 0.717) is 46.2 Å². The molecule has 0 bridgehead atoms. The Morgan fingerprint density at radius 2 is 0.718 bits per heavy atom. The first-order valence-electron chi connectivity index (χ1n) is 23.6. The van der Waals surface area contributed by atoms with Crippen LogP contribution < -0.4 is 26.6 Å². The molecular weight excluding hydrogens is 925 g/mol. The van der Waals surface area contributed by atoms with Crippen LogP contribution in [0.2, 0.25) is 0 Å². The zero-order valence-electron chi connectivity index (χ0n) is 40.1. The fraction of sp³-hybridized carbons (Fsp3) is 0.333. The Hall–Kier alpha value is -7.21. The van der Waals surface area contributed by atoms with Crippen molar-refractivity contribution >= 4 is 45.6 Å². The predicted octanol–water partition coefficient (Wildman–Crippen LogP) is 3.50. The fourth-order valence-corrected chi connectivity index (χ4v) is 8.57. The van der Waals surface area contributed by atoms with Gasteiger partial charge in [0.1, 0.15) is 30.2 Å². The third kappa shape index (κ3) is 20.0. The quantitative estimate of drug-likeness (QED) is 0.0315. The number of benzene rings is 5. The highest BCUT2D eigenvalue weighted by molar-refractivity contribution is 7.85. The van der Waals surface area contributed by atoms with Gasteiger partial charge in [0, 0.05) is 57.1 Å². The molecule has 376 valence electrons. The summed E-state index contributed by atoms with van der Waals surface area (Å²) in [6, 6.07) is 38.4. The lowest BCUT2D eigenvalue weighted by Gasteiger charge is -2.30. The second kappa shape index (κ2) is 27.3. The number of hydrogen-bond donors (Lipinski definition) is 6. The van der Waals surface area contributed by atoms with Gasteiger partial charge in [-0.25, -0.2) is 13.2 Å². The van der Waals surface area contributed by atoms with Gasteiger partial charge in [-0.3, -0.25) is 24.0 Å². The van der Waals surface area contributed by atoms with E-state index in [1.165, 1.54) is 0 Å². The maximum absolute atomic E-state index is 14.7. The number of nitrogens with one attached hydrogen (secondary N) is 5. The first-order valence-corrected chi connectivity index (χ1v) is 25.2. The van der Waals surface area contributed by atoms with E-state index in [-0.39, 0.29) is 44.9 Å². The largest absolute Gasteiger partial charge is 0.748 e. The van der Waals surface area contributed by atoms with Crippen molar-refractivity contribution < 1.29 is 51.3 Å². The van der Waals surface area contributed by atoms with Crippen molar-refractivity contribution in [3.8, 4) is 0 Å². The van der Waals surface area contributed by atoms with E-state index in [2.05, 4.69) is 26.6 Å². The van der Waals surface area contributed by atoms with E-state index in [9.17, 15) is 46.8 Å². The van der Waals surface area contributed by atoms with Crippen LogP contribution in [0.4, 0.5) is 0 Å². The normalized spacial score (nSPS) is 13.6. The Bertz CT molecular complexity index is 2610. The lowest BCUT2D eigenvalue weighted by molar-refractivity contribution is -0.890. The number of nitrogens with zero attached hydrogens (tertiary/aromatic N) is 1. The maximum Gasteiger partial charge on any atom is 0.326 e. The number of carboxylic acids is 1. The summed E-state index contributed by atoms with van der Waals surface area (Å²) in [6.07, 6.45) is 0.668. The molecule has 5 rings (SSSR count). The summed E-state index contributed by atoms with van der Waals surface area (Å²) in [6.45, 7) is 0.903. The average Bonchev–Trinajstić information content (AvgIpc) is 3.34. The van der Waals surface area contributed by atoms with Gasteiger partial charge in [0.25, 0.3) is 0 Å². The monoisotopic (exact) mass is 988 g/mol. The smallest absolute Gasteiger partial charge is 0.326 e. The minimum atomic E-state index is -4.35. The van der Waals surface area contributed by atoms with Gasteiger partial charge >= 0.3 is 5.97 Å². The molecule has 0 aromatic heterocycles. The van der Waals surface area contributed by atoms with Crippen molar-refractivity contribution in [2.45, 2.75) is 81.6 Å². The zero-order chi connectivity index (χ0) is 51.2. The first-order chi connectivity index (χ1) is 33.9. The van der Waals surface area contributed by atoms with E-state index in [4.69, 9.17) is 0 Å². The van der Waals surface area contributed by atoms with Crippen molar-refractivity contribution in [1.29, 1.82) is 0 Å². The molecule has 5 atom stereocenters. The lowest BCUT2D eigenvalue weighted by atomic mass is 10.00. The molecule has 0 aliphatic rings. The molecule has 0 saturated carbocycles. The molecule has 71 heavy (non-hydrogen) atoms. The zero-order valence-corrected chi connectivity index (χ0v) is 40.9. The van der Waals surface area contributed by atoms with Gasteiger partial charge in [-0.15, -0.1) is 0 Å². The summed E-state index contributed by atoms with van der Waals surface area (Å²) >= 11 is 0. The topological polar surface area (TPSA) is 240 Å². The van der Waals surface area contributed by atoms with Crippen molar-refractivity contribution in [2.75, 3.05) is 32.9 Å². The highest BCUT2D eigenvalue weighted by atomic mass is 32.2. The molecule has 5 amide bonds. The number of carbonyl (C=O) groups excluding carboxylic acids is 5. The number of carboxylic acid groups (broad SMARTS) is 1. The van der Waals surface area contributed by atoms with E-state index in [1.807, 2.05) is 38.4 Å². The molecule has 6 N–H and O–H groups in total. The molecule has 0 saturated heterocycles. The molecule has 0 aliphatic heterocycles. The minimum Gasteiger partial charge on any atom is -0.748 e. The molecule has 17 heteroatoms. The van der Waals surface area contributed by atoms with Crippen LogP contribution in [0.1, 0.15) is 47.1 Å². The standard InChI is InChI=1S/C54H64N6O10S/c1-60(2,32-19-33-71(68,69)70)31-18-30-49(61)55-44(34-39-20-8-3-9-21-39)50(62)56-45(35-40-22-10-4-11-23-40)51(63)57-46(36-41-24-12-5-13-25-41)52(64)58-47(37-42-26-14-6-15-27-42)53(65)59-48(54(66)67)38-43-28-16-7-17-29-43/h3-17,20-29,44-48H,18-19,30-38H2,1-2H3,(H6-,55,56,57,58,59,61,62,63,64,65,66,67,68,69,70)/t44-,45-,46-,47-,48-/m0/s1. The van der Waals surface area contributed by atoms with Gasteiger partial charge in [0.05, 0.1) is 37.3 Å². The number of hydrogen-bond acceptors (Lipinski definition) is 9. The second-order valence-electron chi connectivity index (χ2n) is 18.3. The van der Waals surface area contributed by atoms with Gasteiger partial charge < -0.3 is 40.7 Å². The molecule has 16 nitrogen and oxygen atoms in total. The molecule has 5 aromatic rings. The summed E-state index contributed by atoms with van der Waals surface area (Å²) in [5, 5.41) is 24.1. The van der Waals surface area contributed by atoms with Gasteiger partial charge in [-0.2, -0.15) is 0 Å². The number of carbonyl (C=O) groups is 6. The summed E-state index contributed by atoms with van der Waals surface area (Å²) in [5.74, 6) is -5.00. The van der Waals surface area contributed by atoms with E-state index < -0.39 is 81.6 Å². The van der Waals surface area contributed by atoms with Crippen molar-refractivity contribution in [3.05, 3.63) is 179 Å². The number of quaternary nitrogens is 1. The fourth-order valence-electron chi connectivity index (χ4n) is 8.09. The summed E-state index contributed by atoms with van der Waals surface area (Å²) in [7, 11) is -0.602. The van der Waals surface area contributed by atoms with Crippen molar-refractivity contribution in [3.63, 3.8) is 0 Å². The minimum absolute atomic E-state index is 0.00175. The van der Waals surface area contributed by atoms with Crippen LogP contribution in [-0.2, 0) is 71.0 Å². The SMILES string of the molecule is C[N+](C)(CCCC(=O)N[C@@H](Cc1ccccc1)C(=O)N[C@@H](Cc1ccccc1)C(=O)N[C@@H](Cc1ccccc1)C(=O)N[C@@H](Cc1ccccc1)C(=O)N[C@@H](Cc1ccccc1)C(=O)O)CCCS(=O)(=O)[O-]. The van der Waals surface area contributed by atoms with Gasteiger partial charge in [0.15, 0.2) is 0 Å². The molecule has 0 radical (unpaired) electrons. The van der Waals surface area contributed by atoms with Crippen LogP contribution in [0.5, 0.6) is 0 Å². The van der Waals surface area contributed by atoms with Crippen LogP contribution in [0.15, 0.2) is 152 Å². The molecular formula is C54H64N6O10S. The predicted molar refractivity (Wildman–Crippen MR) is 268 cm³/mol.